The van der Waals surface area contributed by atoms with Gasteiger partial charge in [-0.3, -0.25) is 0 Å². The third-order valence-electron chi connectivity index (χ3n) is 3.11. The van der Waals surface area contributed by atoms with Gasteiger partial charge in [-0.15, -0.1) is 11.8 Å². The second-order valence-electron chi connectivity index (χ2n) is 4.78. The molecule has 0 saturated carbocycles. The molecule has 0 aromatic carbocycles. The molecule has 0 amide bonds. The van der Waals surface area contributed by atoms with Gasteiger partial charge in [0, 0.05) is 31.1 Å². The standard InChI is InChI=1S/C13H21N3OS/c1-9(2)11-12(14-3)15-8-16-13(11)18-10-4-6-17-7-5-10/h8-10H,4-7H2,1-3H3,(H,14,15,16). The Balaban J connectivity index is 2.20. The van der Waals surface area contributed by atoms with E-state index in [0.717, 1.165) is 36.9 Å². The average Bonchev–Trinajstić information content (AvgIpc) is 2.39. The third-order valence-corrected chi connectivity index (χ3v) is 4.46. The molecule has 0 spiro atoms. The highest BCUT2D eigenvalue weighted by atomic mass is 32.2. The smallest absolute Gasteiger partial charge is 0.133 e. The predicted octanol–water partition coefficient (Wildman–Crippen LogP) is 2.91. The molecular weight excluding hydrogens is 246 g/mol. The number of nitrogens with one attached hydrogen (secondary N) is 1. The number of anilines is 1. The first-order valence-electron chi connectivity index (χ1n) is 6.49. The summed E-state index contributed by atoms with van der Waals surface area (Å²) in [6.07, 6.45) is 3.88. The summed E-state index contributed by atoms with van der Waals surface area (Å²) in [7, 11) is 1.91. The molecule has 1 fully saturated rings. The van der Waals surface area contributed by atoms with E-state index in [2.05, 4.69) is 29.1 Å². The number of hydrogen-bond acceptors (Lipinski definition) is 5. The zero-order valence-electron chi connectivity index (χ0n) is 11.3. The van der Waals surface area contributed by atoms with Crippen molar-refractivity contribution in [1.82, 2.24) is 9.97 Å². The van der Waals surface area contributed by atoms with Crippen LogP contribution >= 0.6 is 11.8 Å². The van der Waals surface area contributed by atoms with Gasteiger partial charge in [0.15, 0.2) is 0 Å². The van der Waals surface area contributed by atoms with Gasteiger partial charge < -0.3 is 10.1 Å². The van der Waals surface area contributed by atoms with Crippen LogP contribution in [-0.4, -0.2) is 35.5 Å². The fraction of sp³-hybridized carbons (Fsp3) is 0.692. The molecule has 1 saturated heterocycles. The topological polar surface area (TPSA) is 47.0 Å². The molecular formula is C13H21N3OS. The SMILES string of the molecule is CNc1ncnc(SC2CCOCC2)c1C(C)C. The Hall–Kier alpha value is -0.810. The number of hydrogen-bond donors (Lipinski definition) is 1. The quantitative estimate of drug-likeness (QED) is 0.850. The summed E-state index contributed by atoms with van der Waals surface area (Å²) in [6, 6.07) is 0. The van der Waals surface area contributed by atoms with Crippen molar-refractivity contribution in [2.75, 3.05) is 25.6 Å². The Morgan fingerprint density at radius 1 is 1.33 bits per heavy atom. The Bertz CT molecular complexity index is 392. The molecule has 0 atom stereocenters. The van der Waals surface area contributed by atoms with Crippen molar-refractivity contribution in [3.8, 4) is 0 Å². The maximum absolute atomic E-state index is 5.40. The van der Waals surface area contributed by atoms with Crippen molar-refractivity contribution in [3.05, 3.63) is 11.9 Å². The number of ether oxygens (including phenoxy) is 1. The summed E-state index contributed by atoms with van der Waals surface area (Å²) in [5, 5.41) is 4.91. The summed E-state index contributed by atoms with van der Waals surface area (Å²) in [5.74, 6) is 1.38. The van der Waals surface area contributed by atoms with Gasteiger partial charge in [0.05, 0.1) is 0 Å². The van der Waals surface area contributed by atoms with Crippen LogP contribution < -0.4 is 5.32 Å². The minimum atomic E-state index is 0.427. The molecule has 1 N–H and O–H groups in total. The van der Waals surface area contributed by atoms with Crippen LogP contribution in [-0.2, 0) is 4.74 Å². The molecule has 18 heavy (non-hydrogen) atoms. The van der Waals surface area contributed by atoms with E-state index >= 15 is 0 Å². The van der Waals surface area contributed by atoms with Crippen LogP contribution in [0.2, 0.25) is 0 Å². The Morgan fingerprint density at radius 3 is 2.67 bits per heavy atom. The van der Waals surface area contributed by atoms with E-state index < -0.39 is 0 Å². The number of nitrogens with zero attached hydrogens (tertiary/aromatic N) is 2. The minimum absolute atomic E-state index is 0.427. The normalized spacial score (nSPS) is 17.1. The molecule has 5 heteroatoms. The van der Waals surface area contributed by atoms with Crippen LogP contribution in [0, 0.1) is 0 Å². The van der Waals surface area contributed by atoms with Gasteiger partial charge in [0.2, 0.25) is 0 Å². The maximum atomic E-state index is 5.40. The van der Waals surface area contributed by atoms with Gasteiger partial charge in [-0.2, -0.15) is 0 Å². The van der Waals surface area contributed by atoms with Crippen molar-refractivity contribution in [3.63, 3.8) is 0 Å². The van der Waals surface area contributed by atoms with Crippen molar-refractivity contribution < 1.29 is 4.74 Å². The molecule has 0 unspecified atom stereocenters. The maximum Gasteiger partial charge on any atom is 0.133 e. The first-order valence-corrected chi connectivity index (χ1v) is 7.37. The van der Waals surface area contributed by atoms with Gasteiger partial charge in [-0.1, -0.05) is 13.8 Å². The highest BCUT2D eigenvalue weighted by Crippen LogP contribution is 2.35. The van der Waals surface area contributed by atoms with Crippen molar-refractivity contribution in [2.45, 2.75) is 42.9 Å². The summed E-state index contributed by atoms with van der Waals surface area (Å²) in [6.45, 7) is 6.12. The molecule has 4 nitrogen and oxygen atoms in total. The average molecular weight is 267 g/mol. The lowest BCUT2D eigenvalue weighted by molar-refractivity contribution is 0.1000. The molecule has 2 heterocycles. The number of thioether (sulfide) groups is 1. The lowest BCUT2D eigenvalue weighted by Gasteiger charge is -2.23. The monoisotopic (exact) mass is 267 g/mol. The summed E-state index contributed by atoms with van der Waals surface area (Å²) in [5.41, 5.74) is 1.23. The summed E-state index contributed by atoms with van der Waals surface area (Å²) >= 11 is 1.88. The van der Waals surface area contributed by atoms with E-state index in [4.69, 9.17) is 4.74 Å². The first-order chi connectivity index (χ1) is 8.72. The fourth-order valence-corrected chi connectivity index (χ4v) is 3.46. The zero-order chi connectivity index (χ0) is 13.0. The highest BCUT2D eigenvalue weighted by molar-refractivity contribution is 7.99. The molecule has 100 valence electrons. The van der Waals surface area contributed by atoms with Crippen molar-refractivity contribution in [1.29, 1.82) is 0 Å². The Kier molecular flexibility index (Phi) is 4.83. The highest BCUT2D eigenvalue weighted by Gasteiger charge is 2.20. The van der Waals surface area contributed by atoms with Crippen LogP contribution in [0.15, 0.2) is 11.4 Å². The van der Waals surface area contributed by atoms with Gasteiger partial charge in [0.1, 0.15) is 17.2 Å². The van der Waals surface area contributed by atoms with Crippen LogP contribution in [0.5, 0.6) is 0 Å². The number of rotatable bonds is 4. The molecule has 1 aliphatic rings. The number of aromatic nitrogens is 2. The summed E-state index contributed by atoms with van der Waals surface area (Å²) < 4.78 is 5.40. The van der Waals surface area contributed by atoms with Crippen LogP contribution in [0.4, 0.5) is 5.82 Å². The molecule has 1 aromatic heterocycles. The minimum Gasteiger partial charge on any atom is -0.381 e. The van der Waals surface area contributed by atoms with E-state index in [9.17, 15) is 0 Å². The van der Waals surface area contributed by atoms with E-state index in [1.54, 1.807) is 6.33 Å². The molecule has 2 rings (SSSR count). The molecule has 0 bridgehead atoms. The van der Waals surface area contributed by atoms with E-state index in [1.165, 1.54) is 5.56 Å². The van der Waals surface area contributed by atoms with Gasteiger partial charge in [-0.05, 0) is 18.8 Å². The molecule has 0 aliphatic carbocycles. The van der Waals surface area contributed by atoms with E-state index in [-0.39, 0.29) is 0 Å². The van der Waals surface area contributed by atoms with E-state index in [0.29, 0.717) is 11.2 Å². The van der Waals surface area contributed by atoms with Crippen molar-refractivity contribution in [2.24, 2.45) is 0 Å². The fourth-order valence-electron chi connectivity index (χ4n) is 2.14. The van der Waals surface area contributed by atoms with Gasteiger partial charge in [-0.25, -0.2) is 9.97 Å². The Morgan fingerprint density at radius 2 is 2.06 bits per heavy atom. The third kappa shape index (κ3) is 3.14. The molecule has 1 aromatic rings. The lowest BCUT2D eigenvalue weighted by Crippen LogP contribution is -2.18. The molecule has 1 aliphatic heterocycles. The first kappa shape index (κ1) is 13.6. The second kappa shape index (κ2) is 6.38. The summed E-state index contributed by atoms with van der Waals surface area (Å²) in [4.78, 5) is 8.79. The zero-order valence-corrected chi connectivity index (χ0v) is 12.1. The Labute approximate surface area is 113 Å². The molecule has 0 radical (unpaired) electrons. The largest absolute Gasteiger partial charge is 0.381 e. The lowest BCUT2D eigenvalue weighted by atomic mass is 10.1. The van der Waals surface area contributed by atoms with Gasteiger partial charge in [0.25, 0.3) is 0 Å². The van der Waals surface area contributed by atoms with E-state index in [1.807, 2.05) is 18.8 Å². The van der Waals surface area contributed by atoms with Gasteiger partial charge >= 0.3 is 0 Å². The van der Waals surface area contributed by atoms with Crippen LogP contribution in [0.1, 0.15) is 38.2 Å². The van der Waals surface area contributed by atoms with Crippen molar-refractivity contribution >= 4 is 17.6 Å². The predicted molar refractivity (Wildman–Crippen MR) is 75.4 cm³/mol. The second-order valence-corrected chi connectivity index (χ2v) is 6.06. The van der Waals surface area contributed by atoms with Crippen LogP contribution in [0.3, 0.4) is 0 Å². The van der Waals surface area contributed by atoms with Crippen LogP contribution in [0.25, 0.3) is 0 Å².